The van der Waals surface area contributed by atoms with E-state index in [1.54, 1.807) is 43.3 Å². The number of rotatable bonds is 3. The summed E-state index contributed by atoms with van der Waals surface area (Å²) in [4.78, 5) is 28.0. The molecule has 0 unspecified atom stereocenters. The highest BCUT2D eigenvalue weighted by atomic mass is 16.5. The molecule has 3 rings (SSSR count). The molecule has 1 aromatic heterocycles. The van der Waals surface area contributed by atoms with Crippen molar-refractivity contribution >= 4 is 28.7 Å². The van der Waals surface area contributed by atoms with Gasteiger partial charge in [0.2, 0.25) is 0 Å². The van der Waals surface area contributed by atoms with Gasteiger partial charge in [-0.25, -0.2) is 9.78 Å². The number of carbonyl (C=O) groups excluding carboxylic acids is 2. The molecule has 6 heteroatoms. The van der Waals surface area contributed by atoms with Crippen molar-refractivity contribution < 1.29 is 18.7 Å². The second kappa shape index (κ2) is 5.92. The van der Waals surface area contributed by atoms with E-state index in [0.29, 0.717) is 28.3 Å². The maximum Gasteiger partial charge on any atom is 0.337 e. The lowest BCUT2D eigenvalue weighted by Crippen LogP contribution is -2.13. The number of fused-ring (bicyclic) bond motifs is 1. The van der Waals surface area contributed by atoms with Crippen molar-refractivity contribution in [1.29, 1.82) is 0 Å². The van der Waals surface area contributed by atoms with Crippen molar-refractivity contribution in [2.24, 2.45) is 0 Å². The van der Waals surface area contributed by atoms with Crippen LogP contribution in [0.3, 0.4) is 0 Å². The first-order chi connectivity index (χ1) is 11.1. The molecule has 23 heavy (non-hydrogen) atoms. The largest absolute Gasteiger partial charge is 0.465 e. The van der Waals surface area contributed by atoms with E-state index in [-0.39, 0.29) is 5.91 Å². The normalized spacial score (nSPS) is 10.5. The Hall–Kier alpha value is -3.15. The van der Waals surface area contributed by atoms with Crippen LogP contribution in [0.5, 0.6) is 0 Å². The fourth-order valence-corrected chi connectivity index (χ4v) is 2.23. The molecule has 0 atom stereocenters. The third kappa shape index (κ3) is 3.06. The highest BCUT2D eigenvalue weighted by molar-refractivity contribution is 6.06. The highest BCUT2D eigenvalue weighted by Gasteiger charge is 2.11. The monoisotopic (exact) mass is 310 g/mol. The van der Waals surface area contributed by atoms with Crippen LogP contribution in [0, 0.1) is 6.92 Å². The number of nitrogens with zero attached hydrogens (tertiary/aromatic N) is 1. The molecule has 116 valence electrons. The number of amides is 1. The number of anilines is 1. The van der Waals surface area contributed by atoms with Gasteiger partial charge < -0.3 is 14.5 Å². The van der Waals surface area contributed by atoms with Gasteiger partial charge in [-0.15, -0.1) is 0 Å². The Morgan fingerprint density at radius 3 is 2.70 bits per heavy atom. The number of hydrogen-bond acceptors (Lipinski definition) is 5. The standard InChI is InChI=1S/C17H14N2O4/c1-10-18-14-7-6-13(9-15(14)23-10)19-16(20)11-4-3-5-12(8-11)17(21)22-2/h3-9H,1-2H3,(H,19,20). The van der Waals surface area contributed by atoms with Crippen molar-refractivity contribution in [3.05, 3.63) is 59.5 Å². The van der Waals surface area contributed by atoms with Gasteiger partial charge in [-0.2, -0.15) is 0 Å². The fraction of sp³-hybridized carbons (Fsp3) is 0.118. The number of aryl methyl sites for hydroxylation is 1. The van der Waals surface area contributed by atoms with E-state index in [0.717, 1.165) is 5.52 Å². The van der Waals surface area contributed by atoms with Crippen molar-refractivity contribution in [1.82, 2.24) is 4.98 Å². The Morgan fingerprint density at radius 2 is 1.91 bits per heavy atom. The van der Waals surface area contributed by atoms with Crippen LogP contribution in [0.2, 0.25) is 0 Å². The van der Waals surface area contributed by atoms with Gasteiger partial charge in [0, 0.05) is 24.2 Å². The average Bonchev–Trinajstić information content (AvgIpc) is 2.93. The zero-order chi connectivity index (χ0) is 16.4. The predicted octanol–water partition coefficient (Wildman–Crippen LogP) is 3.18. The zero-order valence-electron chi connectivity index (χ0n) is 12.6. The molecule has 0 fully saturated rings. The number of aromatic nitrogens is 1. The third-order valence-corrected chi connectivity index (χ3v) is 3.30. The quantitative estimate of drug-likeness (QED) is 0.751. The number of esters is 1. The number of benzene rings is 2. The molecule has 1 N–H and O–H groups in total. The maximum absolute atomic E-state index is 12.3. The van der Waals surface area contributed by atoms with Gasteiger partial charge in [-0.1, -0.05) is 6.07 Å². The Balaban J connectivity index is 1.83. The summed E-state index contributed by atoms with van der Waals surface area (Å²) in [6.07, 6.45) is 0. The molecule has 0 bridgehead atoms. The van der Waals surface area contributed by atoms with Gasteiger partial charge in [0.05, 0.1) is 12.7 Å². The van der Waals surface area contributed by atoms with Crippen molar-refractivity contribution in [3.8, 4) is 0 Å². The van der Waals surface area contributed by atoms with Crippen LogP contribution in [0.1, 0.15) is 26.6 Å². The molecule has 0 radical (unpaired) electrons. The van der Waals surface area contributed by atoms with Crippen LogP contribution in [-0.2, 0) is 4.74 Å². The molecule has 0 saturated heterocycles. The van der Waals surface area contributed by atoms with E-state index in [4.69, 9.17) is 4.42 Å². The first-order valence-corrected chi connectivity index (χ1v) is 6.94. The molecule has 2 aromatic carbocycles. The number of methoxy groups -OCH3 is 1. The van der Waals surface area contributed by atoms with Crippen molar-refractivity contribution in [2.75, 3.05) is 12.4 Å². The number of hydrogen-bond donors (Lipinski definition) is 1. The van der Waals surface area contributed by atoms with Crippen molar-refractivity contribution in [2.45, 2.75) is 6.92 Å². The van der Waals surface area contributed by atoms with Crippen LogP contribution in [0.15, 0.2) is 46.9 Å². The van der Waals surface area contributed by atoms with E-state index in [2.05, 4.69) is 15.0 Å². The van der Waals surface area contributed by atoms with E-state index in [1.165, 1.54) is 13.2 Å². The zero-order valence-corrected chi connectivity index (χ0v) is 12.6. The van der Waals surface area contributed by atoms with E-state index in [9.17, 15) is 9.59 Å². The van der Waals surface area contributed by atoms with Gasteiger partial charge in [0.1, 0.15) is 5.52 Å². The minimum absolute atomic E-state index is 0.321. The summed E-state index contributed by atoms with van der Waals surface area (Å²) in [6, 6.07) is 11.5. The summed E-state index contributed by atoms with van der Waals surface area (Å²) in [6.45, 7) is 1.76. The van der Waals surface area contributed by atoms with Crippen LogP contribution in [0.25, 0.3) is 11.1 Å². The molecule has 0 aliphatic carbocycles. The topological polar surface area (TPSA) is 81.4 Å². The lowest BCUT2D eigenvalue weighted by atomic mass is 10.1. The van der Waals surface area contributed by atoms with Gasteiger partial charge >= 0.3 is 5.97 Å². The number of ether oxygens (including phenoxy) is 1. The molecule has 0 saturated carbocycles. The molecule has 0 aliphatic heterocycles. The molecular formula is C17H14N2O4. The average molecular weight is 310 g/mol. The van der Waals surface area contributed by atoms with Gasteiger partial charge in [0.25, 0.3) is 5.91 Å². The lowest BCUT2D eigenvalue weighted by molar-refractivity contribution is 0.0600. The van der Waals surface area contributed by atoms with Crippen LogP contribution >= 0.6 is 0 Å². The Morgan fingerprint density at radius 1 is 1.13 bits per heavy atom. The molecular weight excluding hydrogens is 296 g/mol. The number of nitrogens with one attached hydrogen (secondary N) is 1. The summed E-state index contributed by atoms with van der Waals surface area (Å²) < 4.78 is 10.1. The first-order valence-electron chi connectivity index (χ1n) is 6.94. The maximum atomic E-state index is 12.3. The highest BCUT2D eigenvalue weighted by Crippen LogP contribution is 2.20. The number of carbonyl (C=O) groups is 2. The van der Waals surface area contributed by atoms with Crippen LogP contribution < -0.4 is 5.32 Å². The Kier molecular flexibility index (Phi) is 3.80. The third-order valence-electron chi connectivity index (χ3n) is 3.30. The van der Waals surface area contributed by atoms with Crippen LogP contribution in [-0.4, -0.2) is 24.0 Å². The minimum Gasteiger partial charge on any atom is -0.465 e. The molecule has 3 aromatic rings. The molecule has 0 spiro atoms. The summed E-state index contributed by atoms with van der Waals surface area (Å²) >= 11 is 0. The number of oxazole rings is 1. The predicted molar refractivity (Wildman–Crippen MR) is 84.5 cm³/mol. The molecule has 1 heterocycles. The van der Waals surface area contributed by atoms with E-state index in [1.807, 2.05) is 0 Å². The Bertz CT molecular complexity index is 898. The summed E-state index contributed by atoms with van der Waals surface area (Å²) in [7, 11) is 1.30. The van der Waals surface area contributed by atoms with E-state index < -0.39 is 5.97 Å². The Labute approximate surface area is 132 Å². The van der Waals surface area contributed by atoms with Crippen molar-refractivity contribution in [3.63, 3.8) is 0 Å². The van der Waals surface area contributed by atoms with Gasteiger partial charge in [-0.3, -0.25) is 4.79 Å². The second-order valence-corrected chi connectivity index (χ2v) is 4.94. The summed E-state index contributed by atoms with van der Waals surface area (Å²) in [5.74, 6) is -0.251. The van der Waals surface area contributed by atoms with Crippen LogP contribution in [0.4, 0.5) is 5.69 Å². The lowest BCUT2D eigenvalue weighted by Gasteiger charge is -2.06. The molecule has 1 amide bonds. The SMILES string of the molecule is COC(=O)c1cccc(C(=O)Nc2ccc3nc(C)oc3c2)c1. The smallest absolute Gasteiger partial charge is 0.337 e. The summed E-state index contributed by atoms with van der Waals surface area (Å²) in [5, 5.41) is 2.76. The molecule has 0 aliphatic rings. The van der Waals surface area contributed by atoms with E-state index >= 15 is 0 Å². The summed E-state index contributed by atoms with van der Waals surface area (Å²) in [5.41, 5.74) is 2.60. The minimum atomic E-state index is -0.488. The molecule has 6 nitrogen and oxygen atoms in total. The van der Waals surface area contributed by atoms with Gasteiger partial charge in [0.15, 0.2) is 11.5 Å². The fourth-order valence-electron chi connectivity index (χ4n) is 2.23. The first kappa shape index (κ1) is 14.8. The second-order valence-electron chi connectivity index (χ2n) is 4.94. The van der Waals surface area contributed by atoms with Gasteiger partial charge in [-0.05, 0) is 30.3 Å².